The van der Waals surface area contributed by atoms with Gasteiger partial charge in [0.05, 0.1) is 24.5 Å². The number of phenols is 1. The number of hydrogen-bond donors (Lipinski definition) is 2. The second-order valence-corrected chi connectivity index (χ2v) is 15.0. The minimum atomic E-state index is -0.207. The van der Waals surface area contributed by atoms with Crippen LogP contribution in [-0.2, 0) is 13.0 Å². The zero-order chi connectivity index (χ0) is 34.6. The van der Waals surface area contributed by atoms with Crippen LogP contribution in [0.15, 0.2) is 72.8 Å². The number of anilines is 2. The number of phenolic OH excluding ortho intramolecular Hbond substituents is 1. The molecule has 2 N–H and O–H groups in total. The first-order valence-corrected chi connectivity index (χ1v) is 18.5. The van der Waals surface area contributed by atoms with E-state index in [9.17, 15) is 9.90 Å². The first-order valence-electron chi connectivity index (χ1n) is 18.5. The molecule has 0 aromatic heterocycles. The number of carbonyl (C=O) groups is 1. The van der Waals surface area contributed by atoms with Gasteiger partial charge in [-0.2, -0.15) is 0 Å². The number of piperidine rings is 1. The first kappa shape index (κ1) is 32.2. The fraction of sp³-hybridized carbons (Fsp3) is 0.405. The second kappa shape index (κ2) is 13.1. The van der Waals surface area contributed by atoms with Crippen LogP contribution >= 0.6 is 0 Å². The van der Waals surface area contributed by atoms with E-state index in [0.29, 0.717) is 30.5 Å². The van der Waals surface area contributed by atoms with Crippen LogP contribution in [0.4, 0.5) is 15.8 Å². The van der Waals surface area contributed by atoms with Crippen molar-refractivity contribution in [2.24, 2.45) is 5.92 Å². The van der Waals surface area contributed by atoms with E-state index in [-0.39, 0.29) is 35.4 Å². The van der Waals surface area contributed by atoms with Gasteiger partial charge in [0.25, 0.3) is 5.91 Å². The zero-order valence-corrected chi connectivity index (χ0v) is 29.1. The lowest BCUT2D eigenvalue weighted by Gasteiger charge is -2.47. The fourth-order valence-electron chi connectivity index (χ4n) is 9.50. The van der Waals surface area contributed by atoms with Gasteiger partial charge < -0.3 is 29.7 Å². The summed E-state index contributed by atoms with van der Waals surface area (Å²) in [5.74, 6) is 2.20. The SMILES string of the molecule is COc1cc(N2CCC(CN3CCN4c5cc6c(cc5OC[C@@H]4C3)C(=O)NC6)CC2)c(F)cc1[C@@H]1c2ccc(O)cc2CC[C@@H]1c1ccccc1. The van der Waals surface area contributed by atoms with Crippen molar-refractivity contribution in [2.75, 3.05) is 62.8 Å². The molecule has 4 heterocycles. The number of carbonyl (C=O) groups excluding carboxylic acids is 1. The highest BCUT2D eigenvalue weighted by molar-refractivity contribution is 5.99. The lowest BCUT2D eigenvalue weighted by molar-refractivity contribution is 0.0965. The predicted octanol–water partition coefficient (Wildman–Crippen LogP) is 6.44. The number of benzene rings is 4. The van der Waals surface area contributed by atoms with Gasteiger partial charge in [-0.15, -0.1) is 0 Å². The summed E-state index contributed by atoms with van der Waals surface area (Å²) in [6, 6.07) is 24.1. The Morgan fingerprint density at radius 2 is 1.76 bits per heavy atom. The van der Waals surface area contributed by atoms with Crippen molar-refractivity contribution in [2.45, 2.75) is 50.1 Å². The molecule has 0 bridgehead atoms. The van der Waals surface area contributed by atoms with Gasteiger partial charge in [-0.3, -0.25) is 9.69 Å². The molecule has 3 atom stereocenters. The molecular formula is C42H45FN4O4. The van der Waals surface area contributed by atoms with Crippen LogP contribution in [0.3, 0.4) is 0 Å². The third kappa shape index (κ3) is 5.85. The Bertz CT molecular complexity index is 1960. The van der Waals surface area contributed by atoms with Crippen molar-refractivity contribution in [1.82, 2.24) is 10.2 Å². The molecular weight excluding hydrogens is 643 g/mol. The third-order valence-corrected chi connectivity index (χ3v) is 12.1. The smallest absolute Gasteiger partial charge is 0.252 e. The summed E-state index contributed by atoms with van der Waals surface area (Å²) in [6.45, 7) is 6.74. The van der Waals surface area contributed by atoms with Crippen LogP contribution in [0.5, 0.6) is 17.2 Å². The van der Waals surface area contributed by atoms with Gasteiger partial charge in [0.2, 0.25) is 0 Å². The standard InChI is InChI=1S/C42H45FN4O4/c1-50-39-21-37(36(43)19-35(39)41-32(27-5-3-2-4-6-27)9-7-28-17-31(48)8-10-33(28)41)46-13-11-26(12-14-46)23-45-15-16-47-30(24-45)25-51-40-20-34-29(18-38(40)47)22-44-42(34)49/h2-6,8,10,17-21,26,30,32,41,48H,7,9,11-16,22-25H2,1H3,(H,44,49)/t30-,32+,41-/m0/s1. The van der Waals surface area contributed by atoms with Gasteiger partial charge in [-0.25, -0.2) is 4.39 Å². The topological polar surface area (TPSA) is 77.5 Å². The Labute approximate surface area is 298 Å². The molecule has 0 saturated carbocycles. The van der Waals surface area contributed by atoms with E-state index >= 15 is 4.39 Å². The van der Waals surface area contributed by atoms with Crippen molar-refractivity contribution in [3.05, 3.63) is 112 Å². The number of methoxy groups -OCH3 is 1. The molecule has 0 unspecified atom stereocenters. The number of aryl methyl sites for hydroxylation is 1. The molecule has 2 fully saturated rings. The molecule has 9 heteroatoms. The van der Waals surface area contributed by atoms with Gasteiger partial charge in [0.15, 0.2) is 0 Å². The van der Waals surface area contributed by atoms with Gasteiger partial charge in [-0.1, -0.05) is 36.4 Å². The van der Waals surface area contributed by atoms with Crippen LogP contribution in [0.1, 0.15) is 69.3 Å². The maximum absolute atomic E-state index is 16.3. The fourth-order valence-corrected chi connectivity index (χ4v) is 9.50. The first-order chi connectivity index (χ1) is 24.9. The molecule has 5 aliphatic rings. The average Bonchev–Trinajstić information content (AvgIpc) is 3.52. The number of hydrogen-bond acceptors (Lipinski definition) is 7. The minimum absolute atomic E-state index is 0.0154. The van der Waals surface area contributed by atoms with E-state index in [2.05, 4.69) is 50.3 Å². The number of nitrogens with one attached hydrogen (secondary N) is 1. The highest BCUT2D eigenvalue weighted by atomic mass is 19.1. The molecule has 264 valence electrons. The number of amides is 1. The number of aromatic hydroxyl groups is 1. The highest BCUT2D eigenvalue weighted by Gasteiger charge is 2.37. The molecule has 0 radical (unpaired) electrons. The quantitative estimate of drug-likeness (QED) is 0.241. The Kier molecular flexibility index (Phi) is 8.26. The van der Waals surface area contributed by atoms with Crippen LogP contribution in [0.2, 0.25) is 0 Å². The molecule has 1 aliphatic carbocycles. The van der Waals surface area contributed by atoms with E-state index in [4.69, 9.17) is 9.47 Å². The molecule has 2 saturated heterocycles. The highest BCUT2D eigenvalue weighted by Crippen LogP contribution is 2.50. The number of nitrogens with zero attached hydrogens (tertiary/aromatic N) is 3. The maximum atomic E-state index is 16.3. The Morgan fingerprint density at radius 1 is 0.922 bits per heavy atom. The van der Waals surface area contributed by atoms with Crippen LogP contribution < -0.4 is 24.6 Å². The predicted molar refractivity (Wildman–Crippen MR) is 196 cm³/mol. The van der Waals surface area contributed by atoms with Gasteiger partial charge in [0.1, 0.15) is 29.7 Å². The van der Waals surface area contributed by atoms with Gasteiger partial charge >= 0.3 is 0 Å². The molecule has 9 rings (SSSR count). The lowest BCUT2D eigenvalue weighted by Crippen LogP contribution is -2.58. The van der Waals surface area contributed by atoms with E-state index in [1.165, 1.54) is 5.56 Å². The van der Waals surface area contributed by atoms with E-state index in [0.717, 1.165) is 104 Å². The number of piperazine rings is 1. The number of ether oxygens (including phenoxy) is 2. The lowest BCUT2D eigenvalue weighted by atomic mass is 9.69. The van der Waals surface area contributed by atoms with E-state index < -0.39 is 0 Å². The molecule has 4 aromatic rings. The maximum Gasteiger partial charge on any atom is 0.252 e. The largest absolute Gasteiger partial charge is 0.508 e. The minimum Gasteiger partial charge on any atom is -0.508 e. The van der Waals surface area contributed by atoms with E-state index in [1.54, 1.807) is 19.2 Å². The summed E-state index contributed by atoms with van der Waals surface area (Å²) in [5, 5.41) is 13.2. The third-order valence-electron chi connectivity index (χ3n) is 12.1. The molecule has 1 amide bonds. The van der Waals surface area contributed by atoms with Crippen LogP contribution in [-0.4, -0.2) is 74.9 Å². The average molecular weight is 689 g/mol. The summed E-state index contributed by atoms with van der Waals surface area (Å²) in [6.07, 6.45) is 3.79. The molecule has 51 heavy (non-hydrogen) atoms. The Morgan fingerprint density at radius 3 is 2.59 bits per heavy atom. The van der Waals surface area contributed by atoms with Gasteiger partial charge in [0, 0.05) is 68.9 Å². The Balaban J connectivity index is 0.884. The normalized spacial score (nSPS) is 23.1. The molecule has 4 aromatic carbocycles. The van der Waals surface area contributed by atoms with Crippen molar-refractivity contribution in [3.63, 3.8) is 0 Å². The number of halogens is 1. The number of fused-ring (bicyclic) bond motifs is 5. The second-order valence-electron chi connectivity index (χ2n) is 15.0. The molecule has 4 aliphatic heterocycles. The summed E-state index contributed by atoms with van der Waals surface area (Å²) < 4.78 is 28.5. The van der Waals surface area contributed by atoms with E-state index in [1.807, 2.05) is 30.3 Å². The van der Waals surface area contributed by atoms with Crippen LogP contribution in [0, 0.1) is 11.7 Å². The van der Waals surface area contributed by atoms with Crippen molar-refractivity contribution < 1.29 is 23.8 Å². The summed E-state index contributed by atoms with van der Waals surface area (Å²) in [5.41, 5.74) is 7.84. The monoisotopic (exact) mass is 688 g/mol. The Hall–Kier alpha value is -4.76. The van der Waals surface area contributed by atoms with Crippen molar-refractivity contribution in [3.8, 4) is 17.2 Å². The summed E-state index contributed by atoms with van der Waals surface area (Å²) in [7, 11) is 1.69. The van der Waals surface area contributed by atoms with Gasteiger partial charge in [-0.05, 0) is 90.1 Å². The summed E-state index contributed by atoms with van der Waals surface area (Å²) >= 11 is 0. The number of rotatable bonds is 6. The summed E-state index contributed by atoms with van der Waals surface area (Å²) in [4.78, 5) is 19.4. The van der Waals surface area contributed by atoms with Crippen molar-refractivity contribution >= 4 is 17.3 Å². The zero-order valence-electron chi connectivity index (χ0n) is 29.1. The van der Waals surface area contributed by atoms with Crippen molar-refractivity contribution in [1.29, 1.82) is 0 Å². The molecule has 8 nitrogen and oxygen atoms in total. The van der Waals surface area contributed by atoms with Crippen LogP contribution in [0.25, 0.3) is 0 Å². The molecule has 0 spiro atoms.